The lowest BCUT2D eigenvalue weighted by atomic mass is 10.1. The zero-order valence-electron chi connectivity index (χ0n) is 10.9. The van der Waals surface area contributed by atoms with Crippen LogP contribution in [0.25, 0.3) is 0 Å². The van der Waals surface area contributed by atoms with Crippen molar-refractivity contribution >= 4 is 17.1 Å². The van der Waals surface area contributed by atoms with Crippen LogP contribution in [0.3, 0.4) is 0 Å². The molecule has 0 fully saturated rings. The molecule has 0 spiro atoms. The summed E-state index contributed by atoms with van der Waals surface area (Å²) in [5.41, 5.74) is 12.0. The zero-order chi connectivity index (χ0) is 12.7. The molecule has 0 aliphatic carbocycles. The first-order valence-corrected chi connectivity index (χ1v) is 6.40. The summed E-state index contributed by atoms with van der Waals surface area (Å²) in [6, 6.07) is 15.3. The maximum atomic E-state index is 6.03. The summed E-state index contributed by atoms with van der Waals surface area (Å²) in [4.78, 5) is 2.40. The molecule has 2 nitrogen and oxygen atoms in total. The second-order valence-electron chi connectivity index (χ2n) is 5.04. The third-order valence-electron chi connectivity index (χ3n) is 3.81. The van der Waals surface area contributed by atoms with Gasteiger partial charge in [0.2, 0.25) is 0 Å². The average molecular weight is 238 g/mol. The molecule has 0 amide bonds. The van der Waals surface area contributed by atoms with Crippen LogP contribution >= 0.6 is 0 Å². The van der Waals surface area contributed by atoms with Crippen molar-refractivity contribution in [1.29, 1.82) is 0 Å². The Labute approximate surface area is 108 Å². The molecule has 2 N–H and O–H groups in total. The summed E-state index contributed by atoms with van der Waals surface area (Å²) >= 11 is 0. The summed E-state index contributed by atoms with van der Waals surface area (Å²) in [5.74, 6) is 0. The summed E-state index contributed by atoms with van der Waals surface area (Å²) < 4.78 is 0. The van der Waals surface area contributed by atoms with Gasteiger partial charge in [-0.25, -0.2) is 0 Å². The highest BCUT2D eigenvalue weighted by atomic mass is 15.2. The number of nitrogen functional groups attached to an aromatic ring is 1. The number of benzene rings is 2. The minimum Gasteiger partial charge on any atom is -0.398 e. The van der Waals surface area contributed by atoms with Gasteiger partial charge in [0.05, 0.1) is 0 Å². The van der Waals surface area contributed by atoms with Gasteiger partial charge in [0, 0.05) is 23.1 Å². The number of rotatable bonds is 1. The molecular weight excluding hydrogens is 220 g/mol. The van der Waals surface area contributed by atoms with Crippen molar-refractivity contribution in [3.63, 3.8) is 0 Å². The van der Waals surface area contributed by atoms with Crippen molar-refractivity contribution in [2.24, 2.45) is 0 Å². The van der Waals surface area contributed by atoms with E-state index in [0.717, 1.165) is 12.1 Å². The highest BCUT2D eigenvalue weighted by Crippen LogP contribution is 2.40. The van der Waals surface area contributed by atoms with Crippen molar-refractivity contribution in [2.45, 2.75) is 26.3 Å². The van der Waals surface area contributed by atoms with Crippen LogP contribution in [0.4, 0.5) is 17.1 Å². The normalized spacial score (nSPS) is 17.9. The number of anilines is 3. The van der Waals surface area contributed by atoms with Crippen LogP contribution in [0, 0.1) is 6.92 Å². The molecule has 1 unspecified atom stereocenters. The number of para-hydroxylation sites is 1. The standard InChI is InChI=1S/C16H18N2/c1-11-10-13-6-3-4-8-16(13)18(11)15-9-5-7-14(17)12(15)2/h3-9,11H,10,17H2,1-2H3. The van der Waals surface area contributed by atoms with Gasteiger partial charge in [0.25, 0.3) is 0 Å². The van der Waals surface area contributed by atoms with Crippen molar-refractivity contribution in [3.8, 4) is 0 Å². The molecule has 1 heterocycles. The average Bonchev–Trinajstić information content (AvgIpc) is 2.69. The Morgan fingerprint density at radius 1 is 1.06 bits per heavy atom. The first-order valence-electron chi connectivity index (χ1n) is 6.40. The van der Waals surface area contributed by atoms with E-state index in [9.17, 15) is 0 Å². The van der Waals surface area contributed by atoms with Gasteiger partial charge in [-0.3, -0.25) is 0 Å². The first kappa shape index (κ1) is 11.1. The lowest BCUT2D eigenvalue weighted by molar-refractivity contribution is 0.757. The molecule has 1 atom stereocenters. The third-order valence-corrected chi connectivity index (χ3v) is 3.81. The van der Waals surface area contributed by atoms with Gasteiger partial charge in [-0.1, -0.05) is 24.3 Å². The highest BCUT2D eigenvalue weighted by molar-refractivity contribution is 5.76. The number of hydrogen-bond donors (Lipinski definition) is 1. The Bertz CT molecular complexity index is 589. The van der Waals surface area contributed by atoms with Crippen molar-refractivity contribution < 1.29 is 0 Å². The molecule has 18 heavy (non-hydrogen) atoms. The van der Waals surface area contributed by atoms with Crippen LogP contribution in [0.1, 0.15) is 18.1 Å². The summed E-state index contributed by atoms with van der Waals surface area (Å²) in [5, 5.41) is 0. The fourth-order valence-corrected chi connectivity index (χ4v) is 2.83. The van der Waals surface area contributed by atoms with E-state index in [1.54, 1.807) is 0 Å². The molecule has 0 saturated heterocycles. The smallest absolute Gasteiger partial charge is 0.0463 e. The summed E-state index contributed by atoms with van der Waals surface area (Å²) in [6.07, 6.45) is 1.10. The molecule has 3 rings (SSSR count). The Balaban J connectivity index is 2.15. The first-order chi connectivity index (χ1) is 8.68. The minimum absolute atomic E-state index is 0.489. The van der Waals surface area contributed by atoms with Gasteiger partial charge in [0.1, 0.15) is 0 Å². The molecule has 2 heteroatoms. The third kappa shape index (κ3) is 1.57. The van der Waals surface area contributed by atoms with E-state index in [2.05, 4.69) is 49.1 Å². The van der Waals surface area contributed by atoms with Gasteiger partial charge in [-0.2, -0.15) is 0 Å². The van der Waals surface area contributed by atoms with Crippen LogP contribution < -0.4 is 10.6 Å². The Morgan fingerprint density at radius 3 is 2.61 bits per heavy atom. The Kier molecular flexibility index (Phi) is 2.51. The molecule has 1 aliphatic heterocycles. The van der Waals surface area contributed by atoms with Crippen LogP contribution in [0.5, 0.6) is 0 Å². The van der Waals surface area contributed by atoms with Gasteiger partial charge < -0.3 is 10.6 Å². The molecule has 92 valence electrons. The van der Waals surface area contributed by atoms with Gasteiger partial charge in [-0.15, -0.1) is 0 Å². The van der Waals surface area contributed by atoms with Gasteiger partial charge in [-0.05, 0) is 49.6 Å². The predicted molar refractivity (Wildman–Crippen MR) is 77.3 cm³/mol. The van der Waals surface area contributed by atoms with Crippen molar-refractivity contribution in [3.05, 3.63) is 53.6 Å². The quantitative estimate of drug-likeness (QED) is 0.768. The highest BCUT2D eigenvalue weighted by Gasteiger charge is 2.27. The number of fused-ring (bicyclic) bond motifs is 1. The van der Waals surface area contributed by atoms with Crippen molar-refractivity contribution in [1.82, 2.24) is 0 Å². The molecule has 2 aromatic rings. The molecule has 1 aliphatic rings. The van der Waals surface area contributed by atoms with Crippen LogP contribution in [-0.4, -0.2) is 6.04 Å². The van der Waals surface area contributed by atoms with Crippen LogP contribution in [0.2, 0.25) is 0 Å². The lowest BCUT2D eigenvalue weighted by Gasteiger charge is -2.27. The number of nitrogens with two attached hydrogens (primary N) is 1. The maximum absolute atomic E-state index is 6.03. The zero-order valence-corrected chi connectivity index (χ0v) is 10.9. The van der Waals surface area contributed by atoms with E-state index in [0.29, 0.717) is 6.04 Å². The van der Waals surface area contributed by atoms with Crippen molar-refractivity contribution in [2.75, 3.05) is 10.6 Å². The summed E-state index contributed by atoms with van der Waals surface area (Å²) in [6.45, 7) is 4.36. The Hall–Kier alpha value is -1.96. The second kappa shape index (κ2) is 4.05. The number of nitrogens with zero attached hydrogens (tertiary/aromatic N) is 1. The minimum atomic E-state index is 0.489. The monoisotopic (exact) mass is 238 g/mol. The molecular formula is C16H18N2. The molecule has 0 aromatic heterocycles. The van der Waals surface area contributed by atoms with E-state index in [1.165, 1.54) is 22.5 Å². The predicted octanol–water partition coefficient (Wildman–Crippen LogP) is 3.66. The molecule has 0 radical (unpaired) electrons. The fourth-order valence-electron chi connectivity index (χ4n) is 2.83. The van der Waals surface area contributed by atoms with E-state index in [-0.39, 0.29) is 0 Å². The van der Waals surface area contributed by atoms with E-state index < -0.39 is 0 Å². The lowest BCUT2D eigenvalue weighted by Crippen LogP contribution is -2.24. The molecule has 0 bridgehead atoms. The SMILES string of the molecule is Cc1c(N)cccc1N1c2ccccc2CC1C. The molecule has 0 saturated carbocycles. The van der Waals surface area contributed by atoms with Gasteiger partial charge in [0.15, 0.2) is 0 Å². The number of hydrogen-bond acceptors (Lipinski definition) is 2. The largest absolute Gasteiger partial charge is 0.398 e. The fraction of sp³-hybridized carbons (Fsp3) is 0.250. The van der Waals surface area contributed by atoms with E-state index >= 15 is 0 Å². The van der Waals surface area contributed by atoms with E-state index in [4.69, 9.17) is 5.73 Å². The van der Waals surface area contributed by atoms with Crippen LogP contribution in [0.15, 0.2) is 42.5 Å². The van der Waals surface area contributed by atoms with Crippen LogP contribution in [-0.2, 0) is 6.42 Å². The second-order valence-corrected chi connectivity index (χ2v) is 5.04. The van der Waals surface area contributed by atoms with Gasteiger partial charge >= 0.3 is 0 Å². The topological polar surface area (TPSA) is 29.3 Å². The molecule has 2 aromatic carbocycles. The Morgan fingerprint density at radius 2 is 1.78 bits per heavy atom. The summed E-state index contributed by atoms with van der Waals surface area (Å²) in [7, 11) is 0. The van der Waals surface area contributed by atoms with E-state index in [1.807, 2.05) is 12.1 Å². The maximum Gasteiger partial charge on any atom is 0.0463 e.